The number of anilines is 1. The van der Waals surface area contributed by atoms with Gasteiger partial charge in [0.05, 0.1) is 10.4 Å². The minimum Gasteiger partial charge on any atom is -0.408 e. The molecule has 10 nitrogen and oxygen atoms in total. The molecular weight excluding hydrogens is 436 g/mol. The van der Waals surface area contributed by atoms with Crippen molar-refractivity contribution in [3.05, 3.63) is 58.6 Å². The van der Waals surface area contributed by atoms with Crippen molar-refractivity contribution in [2.75, 3.05) is 31.5 Å². The third-order valence-corrected chi connectivity index (χ3v) is 7.27. The van der Waals surface area contributed by atoms with Gasteiger partial charge in [0.1, 0.15) is 0 Å². The second-order valence-corrected chi connectivity index (χ2v) is 9.45. The summed E-state index contributed by atoms with van der Waals surface area (Å²) in [7, 11) is -2.26. The van der Waals surface area contributed by atoms with Gasteiger partial charge in [-0.3, -0.25) is 14.2 Å². The molecule has 1 aliphatic heterocycles. The largest absolute Gasteiger partial charge is 0.419 e. The quantitative estimate of drug-likeness (QED) is 0.628. The van der Waals surface area contributed by atoms with Gasteiger partial charge in [-0.25, -0.2) is 13.2 Å². The van der Waals surface area contributed by atoms with E-state index < -0.39 is 15.8 Å². The van der Waals surface area contributed by atoms with Crippen LogP contribution in [-0.2, 0) is 21.9 Å². The van der Waals surface area contributed by atoms with Gasteiger partial charge < -0.3 is 14.6 Å². The van der Waals surface area contributed by atoms with E-state index in [9.17, 15) is 22.8 Å². The number of benzene rings is 2. The zero-order valence-corrected chi connectivity index (χ0v) is 18.4. The number of carbonyl (C=O) groups excluding carboxylic acids is 2. The zero-order chi connectivity index (χ0) is 23.0. The second kappa shape index (κ2) is 8.24. The topological polar surface area (TPSA) is 122 Å². The number of amides is 2. The number of carbonyl (C=O) groups is 2. The zero-order valence-electron chi connectivity index (χ0n) is 17.6. The average Bonchev–Trinajstić information content (AvgIpc) is 3.06. The van der Waals surface area contributed by atoms with Crippen LogP contribution in [0.25, 0.3) is 11.1 Å². The van der Waals surface area contributed by atoms with Crippen molar-refractivity contribution in [1.82, 2.24) is 13.8 Å². The summed E-state index contributed by atoms with van der Waals surface area (Å²) in [5, 5.41) is 2.64. The molecule has 32 heavy (non-hydrogen) atoms. The monoisotopic (exact) mass is 458 g/mol. The van der Waals surface area contributed by atoms with Crippen LogP contribution < -0.4 is 11.1 Å². The number of aryl methyl sites for hydroxylation is 1. The number of rotatable bonds is 4. The smallest absolute Gasteiger partial charge is 0.408 e. The summed E-state index contributed by atoms with van der Waals surface area (Å²) in [6.07, 6.45) is 0. The summed E-state index contributed by atoms with van der Waals surface area (Å²) in [5.74, 6) is -0.967. The molecule has 0 aliphatic carbocycles. The molecule has 0 saturated carbocycles. The van der Waals surface area contributed by atoms with Crippen LogP contribution in [0.5, 0.6) is 0 Å². The van der Waals surface area contributed by atoms with Crippen LogP contribution in [0, 0.1) is 0 Å². The Morgan fingerprint density at radius 1 is 1.00 bits per heavy atom. The van der Waals surface area contributed by atoms with E-state index in [0.29, 0.717) is 16.8 Å². The van der Waals surface area contributed by atoms with Gasteiger partial charge in [-0.2, -0.15) is 4.31 Å². The van der Waals surface area contributed by atoms with Gasteiger partial charge in [0, 0.05) is 57.5 Å². The molecule has 2 heterocycles. The van der Waals surface area contributed by atoms with Crippen LogP contribution >= 0.6 is 0 Å². The number of nitrogens with zero attached hydrogens (tertiary/aromatic N) is 3. The van der Waals surface area contributed by atoms with Crippen LogP contribution in [0.15, 0.2) is 56.6 Å². The molecule has 2 amide bonds. The second-order valence-electron chi connectivity index (χ2n) is 7.51. The Labute approximate surface area is 184 Å². The van der Waals surface area contributed by atoms with Crippen molar-refractivity contribution in [3.8, 4) is 0 Å². The number of hydrogen-bond acceptors (Lipinski definition) is 6. The van der Waals surface area contributed by atoms with Crippen molar-refractivity contribution in [2.24, 2.45) is 7.05 Å². The first-order valence-electron chi connectivity index (χ1n) is 9.93. The van der Waals surface area contributed by atoms with Crippen LogP contribution in [0.3, 0.4) is 0 Å². The minimum absolute atomic E-state index is 0.0349. The maximum Gasteiger partial charge on any atom is 0.419 e. The molecule has 3 aromatic rings. The number of hydrogen-bond donors (Lipinski definition) is 1. The van der Waals surface area contributed by atoms with E-state index in [2.05, 4.69) is 5.32 Å². The molecule has 1 aromatic heterocycles. The highest BCUT2D eigenvalue weighted by Crippen LogP contribution is 2.23. The van der Waals surface area contributed by atoms with Crippen LogP contribution in [0.1, 0.15) is 17.3 Å². The lowest BCUT2D eigenvalue weighted by atomic mass is 10.1. The van der Waals surface area contributed by atoms with Crippen molar-refractivity contribution in [2.45, 2.75) is 11.8 Å². The third-order valence-electron chi connectivity index (χ3n) is 5.38. The Balaban J connectivity index is 1.45. The van der Waals surface area contributed by atoms with Crippen molar-refractivity contribution in [1.29, 1.82) is 0 Å². The fourth-order valence-corrected chi connectivity index (χ4v) is 5.08. The number of oxazole rings is 1. The highest BCUT2D eigenvalue weighted by Gasteiger charge is 2.31. The maximum absolute atomic E-state index is 13.1. The van der Waals surface area contributed by atoms with Gasteiger partial charge in [0.25, 0.3) is 5.91 Å². The van der Waals surface area contributed by atoms with E-state index in [0.717, 1.165) is 0 Å². The fourth-order valence-electron chi connectivity index (χ4n) is 3.64. The Bertz CT molecular complexity index is 1350. The summed E-state index contributed by atoms with van der Waals surface area (Å²) in [6.45, 7) is 2.19. The minimum atomic E-state index is -3.80. The first-order valence-corrected chi connectivity index (χ1v) is 11.4. The van der Waals surface area contributed by atoms with E-state index in [4.69, 9.17) is 4.42 Å². The molecule has 0 spiro atoms. The lowest BCUT2D eigenvalue weighted by molar-refractivity contribution is -0.114. The molecular formula is C21H22N4O6S. The van der Waals surface area contributed by atoms with Crippen LogP contribution in [0.2, 0.25) is 0 Å². The standard InChI is InChI=1S/C21H22N4O6S/c1-14(26)22-16-5-3-15(4-6-16)20(27)24-9-11-25(12-10-24)32(29,30)17-7-8-18-19(13-17)31-21(28)23(18)2/h3-8,13H,9-12H2,1-2H3,(H,22,26). The maximum atomic E-state index is 13.1. The lowest BCUT2D eigenvalue weighted by Crippen LogP contribution is -2.50. The summed E-state index contributed by atoms with van der Waals surface area (Å²) >= 11 is 0. The molecule has 1 saturated heterocycles. The lowest BCUT2D eigenvalue weighted by Gasteiger charge is -2.34. The first kappa shape index (κ1) is 21.8. The molecule has 0 radical (unpaired) electrons. The predicted octanol–water partition coefficient (Wildman–Crippen LogP) is 1.24. The van der Waals surface area contributed by atoms with Gasteiger partial charge in [-0.05, 0) is 36.4 Å². The van der Waals surface area contributed by atoms with Gasteiger partial charge >= 0.3 is 5.76 Å². The number of aromatic nitrogens is 1. The summed E-state index contributed by atoms with van der Waals surface area (Å²) < 4.78 is 33.8. The highest BCUT2D eigenvalue weighted by atomic mass is 32.2. The molecule has 11 heteroatoms. The Hall–Kier alpha value is -3.44. The first-order chi connectivity index (χ1) is 15.2. The highest BCUT2D eigenvalue weighted by molar-refractivity contribution is 7.89. The van der Waals surface area contributed by atoms with Crippen LogP contribution in [0.4, 0.5) is 5.69 Å². The van der Waals surface area contributed by atoms with E-state index in [1.54, 1.807) is 36.2 Å². The molecule has 0 atom stereocenters. The Morgan fingerprint density at radius 2 is 1.66 bits per heavy atom. The van der Waals surface area contributed by atoms with E-state index in [1.165, 1.54) is 34.0 Å². The molecule has 1 aliphatic rings. The average molecular weight is 458 g/mol. The van der Waals surface area contributed by atoms with Gasteiger partial charge in [-0.15, -0.1) is 0 Å². The van der Waals surface area contributed by atoms with E-state index in [-0.39, 0.29) is 48.5 Å². The van der Waals surface area contributed by atoms with Crippen LogP contribution in [-0.4, -0.2) is 60.2 Å². The van der Waals surface area contributed by atoms with Gasteiger partial charge in [0.15, 0.2) is 5.58 Å². The predicted molar refractivity (Wildman–Crippen MR) is 117 cm³/mol. The van der Waals surface area contributed by atoms with Crippen molar-refractivity contribution < 1.29 is 22.4 Å². The molecule has 168 valence electrons. The summed E-state index contributed by atoms with van der Waals surface area (Å²) in [4.78, 5) is 37.2. The number of piperazine rings is 1. The molecule has 2 aromatic carbocycles. The fraction of sp³-hybridized carbons (Fsp3) is 0.286. The number of fused-ring (bicyclic) bond motifs is 1. The Morgan fingerprint density at radius 3 is 2.28 bits per heavy atom. The van der Waals surface area contributed by atoms with Crippen molar-refractivity contribution in [3.63, 3.8) is 0 Å². The normalized spacial score (nSPS) is 15.1. The molecule has 4 rings (SSSR count). The van der Waals surface area contributed by atoms with E-state index >= 15 is 0 Å². The molecule has 0 unspecified atom stereocenters. The van der Waals surface area contributed by atoms with Crippen molar-refractivity contribution >= 4 is 38.6 Å². The van der Waals surface area contributed by atoms with E-state index in [1.807, 2.05) is 0 Å². The molecule has 0 bridgehead atoms. The summed E-state index contributed by atoms with van der Waals surface area (Å²) in [6, 6.07) is 10.9. The molecule has 1 N–H and O–H groups in total. The Kier molecular flexibility index (Phi) is 5.61. The van der Waals surface area contributed by atoms with Gasteiger partial charge in [-0.1, -0.05) is 0 Å². The van der Waals surface area contributed by atoms with Gasteiger partial charge in [0.2, 0.25) is 15.9 Å². The number of sulfonamides is 1. The molecule has 1 fully saturated rings. The summed E-state index contributed by atoms with van der Waals surface area (Å²) in [5.41, 5.74) is 1.76. The number of nitrogens with one attached hydrogen (secondary N) is 1. The SMILES string of the molecule is CC(=O)Nc1ccc(C(=O)N2CCN(S(=O)(=O)c3ccc4c(c3)oc(=O)n4C)CC2)cc1. The third kappa shape index (κ3) is 4.04.